The number of rotatable bonds is 4. The lowest BCUT2D eigenvalue weighted by Crippen LogP contribution is -2.51. The molecular formula is C12H22N2O3S. The van der Waals surface area contributed by atoms with Gasteiger partial charge >= 0.3 is 0 Å². The van der Waals surface area contributed by atoms with E-state index < -0.39 is 15.4 Å². The second kappa shape index (κ2) is 4.81. The molecule has 0 aromatic carbocycles. The normalized spacial score (nSPS) is 35.3. The van der Waals surface area contributed by atoms with Crippen LogP contribution in [-0.2, 0) is 14.6 Å². The van der Waals surface area contributed by atoms with Gasteiger partial charge in [0.2, 0.25) is 5.91 Å². The molecule has 2 fully saturated rings. The van der Waals surface area contributed by atoms with Crippen molar-refractivity contribution in [1.29, 1.82) is 0 Å². The number of hydrogen-bond acceptors (Lipinski definition) is 4. The summed E-state index contributed by atoms with van der Waals surface area (Å²) in [6, 6.07) is -0.120. The zero-order valence-electron chi connectivity index (χ0n) is 11.1. The molecule has 2 saturated heterocycles. The lowest BCUT2D eigenvalue weighted by molar-refractivity contribution is -0.133. The van der Waals surface area contributed by atoms with Crippen molar-refractivity contribution in [2.24, 2.45) is 0 Å². The van der Waals surface area contributed by atoms with Crippen LogP contribution in [0.25, 0.3) is 0 Å². The number of carbonyl (C=O) groups excluding carboxylic acids is 1. The van der Waals surface area contributed by atoms with E-state index in [2.05, 4.69) is 12.2 Å². The molecule has 2 rings (SSSR count). The number of amides is 1. The predicted octanol–water partition coefficient (Wildman–Crippen LogP) is 0.164. The third kappa shape index (κ3) is 2.54. The first-order chi connectivity index (χ1) is 8.38. The van der Waals surface area contributed by atoms with Gasteiger partial charge in [-0.1, -0.05) is 6.92 Å². The van der Waals surface area contributed by atoms with Gasteiger partial charge in [0.15, 0.2) is 9.84 Å². The Balaban J connectivity index is 2.05. The molecular weight excluding hydrogens is 252 g/mol. The van der Waals surface area contributed by atoms with Crippen LogP contribution >= 0.6 is 0 Å². The zero-order valence-corrected chi connectivity index (χ0v) is 11.9. The first-order valence-electron chi connectivity index (χ1n) is 6.63. The topological polar surface area (TPSA) is 66.5 Å². The second-order valence-corrected chi connectivity index (χ2v) is 7.81. The van der Waals surface area contributed by atoms with Crippen LogP contribution in [0.2, 0.25) is 0 Å². The molecule has 1 amide bonds. The Morgan fingerprint density at radius 2 is 2.22 bits per heavy atom. The van der Waals surface area contributed by atoms with Gasteiger partial charge in [-0.3, -0.25) is 4.79 Å². The molecule has 5 nitrogen and oxygen atoms in total. The van der Waals surface area contributed by atoms with Gasteiger partial charge in [0.05, 0.1) is 23.1 Å². The minimum absolute atomic E-state index is 0.0723. The highest BCUT2D eigenvalue weighted by Gasteiger charge is 2.48. The van der Waals surface area contributed by atoms with Crippen LogP contribution in [0.5, 0.6) is 0 Å². The van der Waals surface area contributed by atoms with E-state index in [0.29, 0.717) is 13.0 Å². The van der Waals surface area contributed by atoms with Crippen molar-refractivity contribution >= 4 is 15.7 Å². The van der Waals surface area contributed by atoms with Gasteiger partial charge < -0.3 is 10.2 Å². The molecule has 0 bridgehead atoms. The molecule has 0 aliphatic carbocycles. The fourth-order valence-corrected chi connectivity index (χ4v) is 5.07. The molecule has 2 unspecified atom stereocenters. The Morgan fingerprint density at radius 1 is 1.50 bits per heavy atom. The first kappa shape index (κ1) is 13.8. The van der Waals surface area contributed by atoms with Crippen molar-refractivity contribution in [2.45, 2.75) is 44.7 Å². The van der Waals surface area contributed by atoms with Crippen LogP contribution in [0.1, 0.15) is 33.1 Å². The molecule has 0 radical (unpaired) electrons. The summed E-state index contributed by atoms with van der Waals surface area (Å²) in [5, 5.41) is 3.23. The molecule has 6 heteroatoms. The van der Waals surface area contributed by atoms with Gasteiger partial charge in [-0.2, -0.15) is 0 Å². The summed E-state index contributed by atoms with van der Waals surface area (Å²) in [6.07, 6.45) is 2.35. The van der Waals surface area contributed by atoms with Crippen LogP contribution in [0.4, 0.5) is 0 Å². The van der Waals surface area contributed by atoms with Gasteiger partial charge in [-0.25, -0.2) is 8.42 Å². The van der Waals surface area contributed by atoms with Crippen molar-refractivity contribution in [1.82, 2.24) is 10.2 Å². The third-order valence-electron chi connectivity index (χ3n) is 3.98. The molecule has 2 aliphatic rings. The summed E-state index contributed by atoms with van der Waals surface area (Å²) in [5.41, 5.74) is -0.488. The minimum atomic E-state index is -2.96. The second-order valence-electron chi connectivity index (χ2n) is 5.62. The lowest BCUT2D eigenvalue weighted by Gasteiger charge is -2.34. The molecule has 18 heavy (non-hydrogen) atoms. The summed E-state index contributed by atoms with van der Waals surface area (Å²) in [5.74, 6) is 0.398. The zero-order chi connectivity index (χ0) is 13.4. The van der Waals surface area contributed by atoms with Crippen LogP contribution in [0.15, 0.2) is 0 Å². The molecule has 0 spiro atoms. The van der Waals surface area contributed by atoms with Crippen molar-refractivity contribution in [3.63, 3.8) is 0 Å². The van der Waals surface area contributed by atoms with E-state index in [1.54, 1.807) is 4.90 Å². The Morgan fingerprint density at radius 3 is 2.78 bits per heavy atom. The number of hydrogen-bond donors (Lipinski definition) is 1. The minimum Gasteiger partial charge on any atom is -0.335 e. The van der Waals surface area contributed by atoms with E-state index in [1.165, 1.54) is 0 Å². The summed E-state index contributed by atoms with van der Waals surface area (Å²) >= 11 is 0. The molecule has 0 aromatic heterocycles. The quantitative estimate of drug-likeness (QED) is 0.793. The molecule has 0 saturated carbocycles. The van der Waals surface area contributed by atoms with Crippen molar-refractivity contribution in [3.8, 4) is 0 Å². The maximum Gasteiger partial charge on any atom is 0.240 e. The van der Waals surface area contributed by atoms with E-state index >= 15 is 0 Å². The predicted molar refractivity (Wildman–Crippen MR) is 70.1 cm³/mol. The van der Waals surface area contributed by atoms with Crippen molar-refractivity contribution in [2.75, 3.05) is 24.6 Å². The Labute approximate surface area is 109 Å². The average Bonchev–Trinajstić information content (AvgIpc) is 2.78. The summed E-state index contributed by atoms with van der Waals surface area (Å²) < 4.78 is 23.2. The highest BCUT2D eigenvalue weighted by atomic mass is 32.2. The van der Waals surface area contributed by atoms with Crippen molar-refractivity contribution < 1.29 is 13.2 Å². The van der Waals surface area contributed by atoms with Crippen LogP contribution in [0.3, 0.4) is 0 Å². The SMILES string of the molecule is CCCNC1CCN(C2(C)CCS(=O)(=O)C2)C1=O. The summed E-state index contributed by atoms with van der Waals surface area (Å²) in [6.45, 7) is 5.47. The summed E-state index contributed by atoms with van der Waals surface area (Å²) in [7, 11) is -2.96. The molecule has 0 aromatic rings. The van der Waals surface area contributed by atoms with Gasteiger partial charge in [0.25, 0.3) is 0 Å². The van der Waals surface area contributed by atoms with E-state index in [1.807, 2.05) is 6.92 Å². The molecule has 2 atom stereocenters. The van der Waals surface area contributed by atoms with Gasteiger partial charge in [-0.05, 0) is 32.7 Å². The Bertz CT molecular complexity index is 435. The Hall–Kier alpha value is -0.620. The smallest absolute Gasteiger partial charge is 0.240 e. The van der Waals surface area contributed by atoms with Gasteiger partial charge in [-0.15, -0.1) is 0 Å². The number of carbonyl (C=O) groups is 1. The summed E-state index contributed by atoms with van der Waals surface area (Å²) in [4.78, 5) is 14.1. The molecule has 2 aliphatic heterocycles. The van der Waals surface area contributed by atoms with E-state index in [9.17, 15) is 13.2 Å². The number of nitrogens with zero attached hydrogens (tertiary/aromatic N) is 1. The largest absolute Gasteiger partial charge is 0.335 e. The highest BCUT2D eigenvalue weighted by molar-refractivity contribution is 7.91. The monoisotopic (exact) mass is 274 g/mol. The number of likely N-dealkylation sites (tertiary alicyclic amines) is 1. The van der Waals surface area contributed by atoms with Gasteiger partial charge in [0, 0.05) is 6.54 Å². The first-order valence-corrected chi connectivity index (χ1v) is 8.45. The molecule has 2 heterocycles. The standard InChI is InChI=1S/C12H22N2O3S/c1-3-6-13-10-4-7-14(11(10)15)12(2)5-8-18(16,17)9-12/h10,13H,3-9H2,1-2H3. The van der Waals surface area contributed by atoms with Crippen LogP contribution < -0.4 is 5.32 Å². The fourth-order valence-electron chi connectivity index (χ4n) is 2.93. The fraction of sp³-hybridized carbons (Fsp3) is 0.917. The lowest BCUT2D eigenvalue weighted by atomic mass is 10.00. The third-order valence-corrected chi connectivity index (χ3v) is 5.87. The number of sulfone groups is 1. The molecule has 104 valence electrons. The highest BCUT2D eigenvalue weighted by Crippen LogP contribution is 2.32. The van der Waals surface area contributed by atoms with Crippen molar-refractivity contribution in [3.05, 3.63) is 0 Å². The van der Waals surface area contributed by atoms with E-state index in [0.717, 1.165) is 19.4 Å². The van der Waals surface area contributed by atoms with E-state index in [4.69, 9.17) is 0 Å². The van der Waals surface area contributed by atoms with Crippen LogP contribution in [0, 0.1) is 0 Å². The molecule has 1 N–H and O–H groups in total. The van der Waals surface area contributed by atoms with Crippen LogP contribution in [-0.4, -0.2) is 55.4 Å². The van der Waals surface area contributed by atoms with E-state index in [-0.39, 0.29) is 23.5 Å². The van der Waals surface area contributed by atoms with Gasteiger partial charge in [0.1, 0.15) is 0 Å². The Kier molecular flexibility index (Phi) is 3.69. The number of nitrogens with one attached hydrogen (secondary N) is 1. The maximum absolute atomic E-state index is 12.3. The maximum atomic E-state index is 12.3. The average molecular weight is 274 g/mol.